The highest BCUT2D eigenvalue weighted by atomic mass is 79.9. The molecule has 1 fully saturated rings. The molecule has 138 valence electrons. The van der Waals surface area contributed by atoms with Crippen molar-refractivity contribution in [3.63, 3.8) is 0 Å². The van der Waals surface area contributed by atoms with Crippen molar-refractivity contribution in [2.24, 2.45) is 5.73 Å². The lowest BCUT2D eigenvalue weighted by Gasteiger charge is -2.19. The second kappa shape index (κ2) is 10.4. The third-order valence-corrected chi connectivity index (χ3v) is 5.29. The molecule has 9 heteroatoms. The Balaban J connectivity index is 0.00000156. The highest BCUT2D eigenvalue weighted by molar-refractivity contribution is 9.10. The van der Waals surface area contributed by atoms with Crippen LogP contribution in [-0.4, -0.2) is 36.2 Å². The molecule has 1 atom stereocenters. The van der Waals surface area contributed by atoms with Crippen LogP contribution in [0.5, 0.6) is 5.75 Å². The lowest BCUT2D eigenvalue weighted by Crippen LogP contribution is -2.27. The second-order valence-electron chi connectivity index (χ2n) is 5.42. The standard InChI is InChI=1S/C16H19BrN4OS.2ClH/c1-22-14-3-2-12(17)8-11(14)10-23-16-15(19-5-6-20-16)21-7-4-13(18)9-21;;/h2-3,5-6,8,13H,4,7,9-10,18H2,1H3;2*1H. The molecule has 2 heterocycles. The summed E-state index contributed by atoms with van der Waals surface area (Å²) in [5, 5.41) is 0.934. The average Bonchev–Trinajstić information content (AvgIpc) is 2.99. The van der Waals surface area contributed by atoms with Crippen molar-refractivity contribution in [3.05, 3.63) is 40.6 Å². The SMILES string of the molecule is COc1ccc(Br)cc1CSc1nccnc1N1CCC(N)C1.Cl.Cl. The molecular formula is C16H21BrCl2N4OS. The average molecular weight is 468 g/mol. The fourth-order valence-corrected chi connectivity index (χ4v) is 3.99. The first-order valence-electron chi connectivity index (χ1n) is 7.44. The van der Waals surface area contributed by atoms with Gasteiger partial charge in [-0.3, -0.25) is 0 Å². The van der Waals surface area contributed by atoms with E-state index < -0.39 is 0 Å². The van der Waals surface area contributed by atoms with Crippen LogP contribution in [0.25, 0.3) is 0 Å². The monoisotopic (exact) mass is 466 g/mol. The van der Waals surface area contributed by atoms with Crippen LogP contribution in [0, 0.1) is 0 Å². The Hall–Kier alpha value is -0.730. The van der Waals surface area contributed by atoms with Crippen LogP contribution in [0.3, 0.4) is 0 Å². The van der Waals surface area contributed by atoms with Gasteiger partial charge in [0, 0.05) is 47.3 Å². The van der Waals surface area contributed by atoms with Gasteiger partial charge < -0.3 is 15.4 Å². The number of methoxy groups -OCH3 is 1. The van der Waals surface area contributed by atoms with Crippen molar-refractivity contribution in [3.8, 4) is 5.75 Å². The van der Waals surface area contributed by atoms with Crippen molar-refractivity contribution in [1.82, 2.24) is 9.97 Å². The fourth-order valence-electron chi connectivity index (χ4n) is 2.62. The Morgan fingerprint density at radius 1 is 1.32 bits per heavy atom. The van der Waals surface area contributed by atoms with E-state index in [4.69, 9.17) is 10.5 Å². The molecule has 0 aliphatic carbocycles. The van der Waals surface area contributed by atoms with E-state index in [1.165, 1.54) is 0 Å². The van der Waals surface area contributed by atoms with Gasteiger partial charge in [0.1, 0.15) is 10.8 Å². The zero-order valence-electron chi connectivity index (χ0n) is 13.7. The van der Waals surface area contributed by atoms with Crippen molar-refractivity contribution in [2.45, 2.75) is 23.2 Å². The highest BCUT2D eigenvalue weighted by Crippen LogP contribution is 2.33. The van der Waals surface area contributed by atoms with E-state index in [2.05, 4.69) is 36.9 Å². The largest absolute Gasteiger partial charge is 0.496 e. The number of thioether (sulfide) groups is 1. The van der Waals surface area contributed by atoms with Gasteiger partial charge in [0.2, 0.25) is 0 Å². The third-order valence-electron chi connectivity index (χ3n) is 3.78. The minimum Gasteiger partial charge on any atom is -0.496 e. The summed E-state index contributed by atoms with van der Waals surface area (Å²) in [7, 11) is 1.69. The van der Waals surface area contributed by atoms with Crippen molar-refractivity contribution < 1.29 is 4.74 Å². The molecule has 1 unspecified atom stereocenters. The van der Waals surface area contributed by atoms with Crippen LogP contribution in [0.2, 0.25) is 0 Å². The number of hydrogen-bond donors (Lipinski definition) is 1. The Morgan fingerprint density at radius 3 is 2.76 bits per heavy atom. The molecule has 1 aliphatic heterocycles. The lowest BCUT2D eigenvalue weighted by molar-refractivity contribution is 0.411. The summed E-state index contributed by atoms with van der Waals surface area (Å²) in [6.45, 7) is 1.78. The summed E-state index contributed by atoms with van der Waals surface area (Å²) >= 11 is 5.18. The molecular weight excluding hydrogens is 447 g/mol. The first-order chi connectivity index (χ1) is 11.2. The number of aromatic nitrogens is 2. The Labute approximate surface area is 173 Å². The first kappa shape index (κ1) is 22.3. The summed E-state index contributed by atoms with van der Waals surface area (Å²) in [6, 6.07) is 6.25. The van der Waals surface area contributed by atoms with E-state index in [0.717, 1.165) is 51.9 Å². The first-order valence-corrected chi connectivity index (χ1v) is 9.22. The topological polar surface area (TPSA) is 64.3 Å². The van der Waals surface area contributed by atoms with Crippen molar-refractivity contribution in [1.29, 1.82) is 0 Å². The molecule has 1 saturated heterocycles. The van der Waals surface area contributed by atoms with Gasteiger partial charge in [0.05, 0.1) is 7.11 Å². The molecule has 0 amide bonds. The number of nitrogens with two attached hydrogens (primary N) is 1. The van der Waals surface area contributed by atoms with Crippen molar-refractivity contribution >= 4 is 58.3 Å². The van der Waals surface area contributed by atoms with Gasteiger partial charge in [-0.1, -0.05) is 27.7 Å². The molecule has 0 saturated carbocycles. The van der Waals surface area contributed by atoms with Crippen molar-refractivity contribution in [2.75, 3.05) is 25.1 Å². The van der Waals surface area contributed by atoms with E-state index in [1.54, 1.807) is 31.3 Å². The Kier molecular flexibility index (Phi) is 9.30. The quantitative estimate of drug-likeness (QED) is 0.672. The number of nitrogens with zero attached hydrogens (tertiary/aromatic N) is 3. The van der Waals surface area contributed by atoms with E-state index in [0.29, 0.717) is 0 Å². The Morgan fingerprint density at radius 2 is 2.08 bits per heavy atom. The van der Waals surface area contributed by atoms with Crippen LogP contribution in [0.4, 0.5) is 5.82 Å². The molecule has 3 rings (SSSR count). The smallest absolute Gasteiger partial charge is 0.161 e. The zero-order valence-corrected chi connectivity index (χ0v) is 17.8. The second-order valence-corrected chi connectivity index (χ2v) is 7.30. The minimum absolute atomic E-state index is 0. The molecule has 1 aromatic carbocycles. The summed E-state index contributed by atoms with van der Waals surface area (Å²) in [4.78, 5) is 11.2. The van der Waals surface area contributed by atoms with Gasteiger partial charge in [0.15, 0.2) is 5.82 Å². The maximum Gasteiger partial charge on any atom is 0.161 e. The molecule has 0 radical (unpaired) electrons. The predicted molar refractivity (Wildman–Crippen MR) is 112 cm³/mol. The van der Waals surface area contributed by atoms with Crippen LogP contribution in [0.15, 0.2) is 40.1 Å². The zero-order chi connectivity index (χ0) is 16.2. The van der Waals surface area contributed by atoms with Crippen LogP contribution in [-0.2, 0) is 5.75 Å². The molecule has 25 heavy (non-hydrogen) atoms. The molecule has 1 aliphatic rings. The number of ether oxygens (including phenoxy) is 1. The predicted octanol–water partition coefficient (Wildman–Crippen LogP) is 3.92. The normalized spacial score (nSPS) is 16.1. The molecule has 1 aromatic heterocycles. The summed E-state index contributed by atoms with van der Waals surface area (Å²) < 4.78 is 6.48. The third kappa shape index (κ3) is 5.62. The number of rotatable bonds is 5. The van der Waals surface area contributed by atoms with Crippen LogP contribution < -0.4 is 15.4 Å². The highest BCUT2D eigenvalue weighted by Gasteiger charge is 2.23. The van der Waals surface area contributed by atoms with Gasteiger partial charge in [-0.25, -0.2) is 9.97 Å². The number of anilines is 1. The van der Waals surface area contributed by atoms with E-state index >= 15 is 0 Å². The van der Waals surface area contributed by atoms with Gasteiger partial charge in [0.25, 0.3) is 0 Å². The molecule has 5 nitrogen and oxygen atoms in total. The molecule has 0 bridgehead atoms. The summed E-state index contributed by atoms with van der Waals surface area (Å²) in [5.74, 6) is 2.59. The summed E-state index contributed by atoms with van der Waals surface area (Å²) in [5.41, 5.74) is 7.14. The molecule has 0 spiro atoms. The Bertz CT molecular complexity index is 695. The minimum atomic E-state index is 0. The molecule has 2 aromatic rings. The van der Waals surface area contributed by atoms with Crippen LogP contribution in [0.1, 0.15) is 12.0 Å². The lowest BCUT2D eigenvalue weighted by atomic mass is 10.2. The van der Waals surface area contributed by atoms with Gasteiger partial charge in [-0.05, 0) is 24.6 Å². The van der Waals surface area contributed by atoms with Gasteiger partial charge in [-0.2, -0.15) is 0 Å². The maximum absolute atomic E-state index is 6.01. The van der Waals surface area contributed by atoms with E-state index in [1.807, 2.05) is 12.1 Å². The van der Waals surface area contributed by atoms with E-state index in [9.17, 15) is 0 Å². The number of hydrogen-bond acceptors (Lipinski definition) is 6. The number of benzene rings is 1. The number of halogens is 3. The fraction of sp³-hybridized carbons (Fsp3) is 0.375. The van der Waals surface area contributed by atoms with Crippen LogP contribution >= 0.6 is 52.5 Å². The van der Waals surface area contributed by atoms with Gasteiger partial charge in [-0.15, -0.1) is 24.8 Å². The van der Waals surface area contributed by atoms with E-state index in [-0.39, 0.29) is 30.9 Å². The maximum atomic E-state index is 6.01. The molecule has 2 N–H and O–H groups in total. The summed E-state index contributed by atoms with van der Waals surface area (Å²) in [6.07, 6.45) is 4.48. The van der Waals surface area contributed by atoms with Gasteiger partial charge >= 0.3 is 0 Å².